The van der Waals surface area contributed by atoms with Gasteiger partial charge in [-0.3, -0.25) is 24.2 Å². The van der Waals surface area contributed by atoms with E-state index in [1.54, 1.807) is 23.6 Å². The van der Waals surface area contributed by atoms with Crippen LogP contribution in [-0.4, -0.2) is 59.9 Å². The summed E-state index contributed by atoms with van der Waals surface area (Å²) in [5, 5.41) is 2.55. The Kier molecular flexibility index (Phi) is 14.9. The van der Waals surface area contributed by atoms with Gasteiger partial charge in [0, 0.05) is 63.7 Å². The molecule has 3 heterocycles. The Bertz CT molecular complexity index is 1650. The van der Waals surface area contributed by atoms with E-state index in [0.29, 0.717) is 37.6 Å². The van der Waals surface area contributed by atoms with Crippen molar-refractivity contribution < 1.29 is 34.1 Å². The number of nitrogens with one attached hydrogen (secondary N) is 1. The molecule has 3 atom stereocenters. The predicted molar refractivity (Wildman–Crippen MR) is 196 cm³/mol. The van der Waals surface area contributed by atoms with Gasteiger partial charge in [-0.1, -0.05) is 72.3 Å². The maximum atomic E-state index is 14.4. The average molecular weight is 717 g/mol. The van der Waals surface area contributed by atoms with E-state index >= 15 is 0 Å². The van der Waals surface area contributed by atoms with Crippen LogP contribution >= 0.6 is 0 Å². The van der Waals surface area contributed by atoms with Crippen molar-refractivity contribution in [3.8, 4) is 5.75 Å². The number of amides is 2. The van der Waals surface area contributed by atoms with Crippen LogP contribution in [0.15, 0.2) is 34.2 Å². The molecule has 284 valence electrons. The number of carbonyl (C=O) groups is 3. The van der Waals surface area contributed by atoms with Gasteiger partial charge in [0.2, 0.25) is 11.2 Å². The topological polar surface area (TPSA) is 119 Å². The molecule has 0 aliphatic carbocycles. The van der Waals surface area contributed by atoms with Gasteiger partial charge < -0.3 is 24.3 Å². The Morgan fingerprint density at radius 1 is 1.08 bits per heavy atom. The van der Waals surface area contributed by atoms with Gasteiger partial charge in [-0.05, 0) is 39.2 Å². The van der Waals surface area contributed by atoms with Gasteiger partial charge in [0.1, 0.15) is 17.2 Å². The second-order valence-corrected chi connectivity index (χ2v) is 13.8. The molecule has 1 aromatic carbocycles. The van der Waals surface area contributed by atoms with Crippen molar-refractivity contribution in [2.45, 2.75) is 130 Å². The lowest BCUT2D eigenvalue weighted by Gasteiger charge is -2.52. The van der Waals surface area contributed by atoms with Crippen molar-refractivity contribution in [2.75, 3.05) is 20.7 Å². The number of benzene rings is 1. The van der Waals surface area contributed by atoms with Gasteiger partial charge >= 0.3 is 5.97 Å². The third kappa shape index (κ3) is 9.23. The van der Waals surface area contributed by atoms with Crippen molar-refractivity contribution in [3.63, 3.8) is 0 Å². The third-order valence-corrected chi connectivity index (χ3v) is 10.5. The zero-order chi connectivity index (χ0) is 37.9. The molecule has 1 fully saturated rings. The Balaban J connectivity index is 0.00000307. The maximum absolute atomic E-state index is 14.4. The Morgan fingerprint density at radius 2 is 1.75 bits per heavy atom. The number of ether oxygens (including phenoxy) is 2. The van der Waals surface area contributed by atoms with Crippen LogP contribution in [0.2, 0.25) is 0 Å². The lowest BCUT2D eigenvalue weighted by Crippen LogP contribution is -2.60. The molecule has 0 radical (unpaired) electrons. The summed E-state index contributed by atoms with van der Waals surface area (Å²) in [5.41, 5.74) is -2.89. The fourth-order valence-electron chi connectivity index (χ4n) is 7.03. The van der Waals surface area contributed by atoms with Gasteiger partial charge in [-0.15, -0.1) is 0 Å². The summed E-state index contributed by atoms with van der Waals surface area (Å²) in [6, 6.07) is 2.79. The van der Waals surface area contributed by atoms with E-state index in [1.807, 2.05) is 27.7 Å². The minimum absolute atomic E-state index is 0. The molecule has 1 aromatic heterocycles. The van der Waals surface area contributed by atoms with Crippen molar-refractivity contribution in [2.24, 2.45) is 10.4 Å². The Morgan fingerprint density at radius 3 is 2.37 bits per heavy atom. The van der Waals surface area contributed by atoms with Gasteiger partial charge in [-0.25, -0.2) is 8.78 Å². The minimum atomic E-state index is -0.921. The van der Waals surface area contributed by atoms with Gasteiger partial charge in [0.05, 0.1) is 12.6 Å². The smallest absolute Gasteiger partial charge is 0.311 e. The van der Waals surface area contributed by atoms with E-state index in [9.17, 15) is 28.0 Å². The summed E-state index contributed by atoms with van der Waals surface area (Å²) in [6.07, 6.45) is 9.96. The number of aromatic nitrogens is 1. The molecule has 51 heavy (non-hydrogen) atoms. The molecule has 0 saturated carbocycles. The number of carbonyl (C=O) groups excluding carboxylic acids is 3. The number of fused-ring (bicyclic) bond motifs is 4. The predicted octanol–water partition coefficient (Wildman–Crippen LogP) is 7.80. The molecule has 0 unspecified atom stereocenters. The molecule has 10 nitrogen and oxygen atoms in total. The van der Waals surface area contributed by atoms with Crippen LogP contribution in [0, 0.1) is 17.0 Å². The second kappa shape index (κ2) is 18.4. The zero-order valence-corrected chi connectivity index (χ0v) is 31.6. The zero-order valence-electron chi connectivity index (χ0n) is 31.6. The minimum Gasteiger partial charge on any atom is -0.484 e. The Hall–Kier alpha value is -4.09. The SMILES string of the molecule is CC.CCCCCCCCCC(=O)Oc1c2n(cc(C(=O)NCc3ccc(F)cc3F)c1=O)[C@]1(C)CN(C2=O)[C@@H](C)CC[C@]1(C)CC(=NC)OC.[HH]. The number of halogens is 2. The highest BCUT2D eigenvalue weighted by Crippen LogP contribution is 2.51. The number of unbranched alkanes of at least 4 members (excludes halogenated alkanes) is 6. The van der Waals surface area contributed by atoms with Crippen LogP contribution in [0.25, 0.3) is 0 Å². The summed E-state index contributed by atoms with van der Waals surface area (Å²) in [6.45, 7) is 12.0. The van der Waals surface area contributed by atoms with Gasteiger partial charge in [0.25, 0.3) is 11.8 Å². The van der Waals surface area contributed by atoms with Crippen LogP contribution in [0.5, 0.6) is 5.75 Å². The number of hydrogen-bond acceptors (Lipinski definition) is 7. The molecule has 0 spiro atoms. The summed E-state index contributed by atoms with van der Waals surface area (Å²) < 4.78 is 40.8. The number of esters is 1. The quantitative estimate of drug-likeness (QED) is 0.0923. The van der Waals surface area contributed by atoms with Crippen LogP contribution in [-0.2, 0) is 21.6 Å². The summed E-state index contributed by atoms with van der Waals surface area (Å²) in [4.78, 5) is 61.3. The molecule has 2 amide bonds. The number of pyridine rings is 1. The molecule has 2 aliphatic rings. The van der Waals surface area contributed by atoms with Gasteiger partial charge in [-0.2, -0.15) is 0 Å². The lowest BCUT2D eigenvalue weighted by molar-refractivity contribution is -0.134. The summed E-state index contributed by atoms with van der Waals surface area (Å²) in [7, 11) is 3.19. The molecule has 2 aliphatic heterocycles. The highest BCUT2D eigenvalue weighted by Gasteiger charge is 2.55. The number of methoxy groups -OCH3 is 1. The maximum Gasteiger partial charge on any atom is 0.311 e. The van der Waals surface area contributed by atoms with Crippen LogP contribution in [0.4, 0.5) is 8.78 Å². The van der Waals surface area contributed by atoms with Crippen molar-refractivity contribution in [3.05, 3.63) is 63.1 Å². The lowest BCUT2D eigenvalue weighted by atomic mass is 9.66. The molecule has 1 N–H and O–H groups in total. The van der Waals surface area contributed by atoms with Crippen molar-refractivity contribution >= 4 is 23.7 Å². The van der Waals surface area contributed by atoms with E-state index in [2.05, 4.69) is 24.2 Å². The monoisotopic (exact) mass is 716 g/mol. The average Bonchev–Trinajstić information content (AvgIpc) is 3.19. The van der Waals surface area contributed by atoms with Crippen LogP contribution in [0.1, 0.15) is 140 Å². The Labute approximate surface area is 302 Å². The molecule has 2 aromatic rings. The standard InChI is InChI=1S/C37H50F2N4O6.C2H6.H2/c1-7-8-9-10-11-12-13-14-30(44)49-33-31-35(47)42-23-37(4,36(3,18-17-24(42)2)20-29(40-5)48-6)43(31)22-27(32(33)45)34(46)41-21-25-15-16-26(38)19-28(25)39;1-2;/h15-16,19,22,24H,7-14,17-18,20-21,23H2,1-6H3,(H,41,46);1-2H3;1H/t24-,36+,37+;;/m0../s1. The molecule has 1 saturated heterocycles. The van der Waals surface area contributed by atoms with E-state index in [-0.39, 0.29) is 43.8 Å². The van der Waals surface area contributed by atoms with E-state index in [1.165, 1.54) is 18.7 Å². The normalized spacial score (nSPS) is 21.2. The van der Waals surface area contributed by atoms with E-state index in [0.717, 1.165) is 38.2 Å². The number of rotatable bonds is 14. The molecular formula is C39H58F2N4O6. The first-order chi connectivity index (χ1) is 24.3. The van der Waals surface area contributed by atoms with Crippen molar-refractivity contribution in [1.82, 2.24) is 14.8 Å². The molecule has 2 bridgehead atoms. The fraction of sp³-hybridized carbons (Fsp3) is 0.615. The van der Waals surface area contributed by atoms with Crippen LogP contribution < -0.4 is 15.5 Å². The molecule has 4 rings (SSSR count). The first-order valence-corrected chi connectivity index (χ1v) is 18.3. The second-order valence-electron chi connectivity index (χ2n) is 13.8. The number of aliphatic imine (C=N–C) groups is 1. The summed E-state index contributed by atoms with van der Waals surface area (Å²) >= 11 is 0. The van der Waals surface area contributed by atoms with Crippen molar-refractivity contribution in [1.29, 1.82) is 0 Å². The van der Waals surface area contributed by atoms with Crippen LogP contribution in [0.3, 0.4) is 0 Å². The first kappa shape index (κ1) is 41.3. The highest BCUT2D eigenvalue weighted by molar-refractivity contribution is 6.00. The van der Waals surface area contributed by atoms with Gasteiger partial charge in [0.15, 0.2) is 11.6 Å². The third-order valence-electron chi connectivity index (χ3n) is 10.5. The summed E-state index contributed by atoms with van der Waals surface area (Å²) in [5.74, 6) is -3.61. The number of nitrogens with zero attached hydrogens (tertiary/aromatic N) is 3. The molecule has 12 heteroatoms. The van der Waals surface area contributed by atoms with E-state index in [4.69, 9.17) is 9.47 Å². The highest BCUT2D eigenvalue weighted by atomic mass is 19.1. The first-order valence-electron chi connectivity index (χ1n) is 18.3. The fourth-order valence-corrected chi connectivity index (χ4v) is 7.03. The molecular weight excluding hydrogens is 658 g/mol. The number of hydrogen-bond donors (Lipinski definition) is 1. The van der Waals surface area contributed by atoms with E-state index < -0.39 is 51.6 Å². The largest absolute Gasteiger partial charge is 0.484 e.